The number of benzene rings is 4. The SMILES string of the molecule is CCCC(C)c1cc2c(-c3ccc(C(C)(C)C)cc3)cccc2[cH-]1.CCc1cc2c(-c3ccc(C(C)CC)cc3)cccc2[cH-]1.C[Si](C)=[Zr+2].[Cl-].[Cl-]. The summed E-state index contributed by atoms with van der Waals surface area (Å²) in [6, 6.07) is 40.9. The zero-order valence-electron chi connectivity index (χ0n) is 32.6. The minimum Gasteiger partial charge on any atom is -1.00 e. The van der Waals surface area contributed by atoms with E-state index in [0.717, 1.165) is 6.42 Å². The van der Waals surface area contributed by atoms with E-state index >= 15 is 0 Å². The molecule has 0 heterocycles. The van der Waals surface area contributed by atoms with Crippen molar-refractivity contribution in [1.29, 1.82) is 0 Å². The van der Waals surface area contributed by atoms with Crippen LogP contribution in [0.2, 0.25) is 13.1 Å². The average Bonchev–Trinajstić information content (AvgIpc) is 3.73. The van der Waals surface area contributed by atoms with Gasteiger partial charge in [-0.05, 0) is 58.8 Å². The van der Waals surface area contributed by atoms with Crippen molar-refractivity contribution in [3.63, 3.8) is 0 Å². The van der Waals surface area contributed by atoms with Crippen molar-refractivity contribution >= 4 is 27.0 Å². The van der Waals surface area contributed by atoms with Crippen molar-refractivity contribution in [3.8, 4) is 22.3 Å². The molecule has 0 aromatic heterocycles. The van der Waals surface area contributed by atoms with Crippen LogP contribution in [0.5, 0.6) is 0 Å². The molecule has 0 N–H and O–H groups in total. The van der Waals surface area contributed by atoms with Gasteiger partial charge in [-0.25, -0.2) is 0 Å². The van der Waals surface area contributed by atoms with Crippen molar-refractivity contribution in [2.45, 2.75) is 111 Å². The van der Waals surface area contributed by atoms with Crippen molar-refractivity contribution in [2.24, 2.45) is 0 Å². The molecule has 0 saturated heterocycles. The Morgan fingerprint density at radius 1 is 0.667 bits per heavy atom. The molecule has 0 radical (unpaired) electrons. The molecule has 6 rings (SSSR count). The molecule has 0 saturated carbocycles. The maximum Gasteiger partial charge on any atom is -1.00 e. The quantitative estimate of drug-likeness (QED) is 0.107. The largest absolute Gasteiger partial charge is 1.00 e. The molecule has 0 aliphatic rings. The van der Waals surface area contributed by atoms with Crippen LogP contribution in [0.3, 0.4) is 0 Å². The first kappa shape index (κ1) is 44.9. The molecule has 51 heavy (non-hydrogen) atoms. The molecule has 0 amide bonds. The molecule has 6 aromatic rings. The summed E-state index contributed by atoms with van der Waals surface area (Å²) in [5.74, 6) is 1.28. The van der Waals surface area contributed by atoms with Gasteiger partial charge in [0.1, 0.15) is 0 Å². The van der Waals surface area contributed by atoms with Crippen molar-refractivity contribution in [2.75, 3.05) is 0 Å². The molecule has 6 aromatic carbocycles. The summed E-state index contributed by atoms with van der Waals surface area (Å²) < 4.78 is 0. The number of fused-ring (bicyclic) bond motifs is 2. The Labute approximate surface area is 337 Å². The molecule has 0 nitrogen and oxygen atoms in total. The fourth-order valence-electron chi connectivity index (χ4n) is 6.52. The third-order valence-corrected chi connectivity index (χ3v) is 9.75. The van der Waals surface area contributed by atoms with E-state index < -0.39 is 0 Å². The first-order chi connectivity index (χ1) is 23.4. The van der Waals surface area contributed by atoms with Gasteiger partial charge in [-0.1, -0.05) is 134 Å². The Balaban J connectivity index is 0.000000311. The first-order valence-corrected chi connectivity index (χ1v) is 24.7. The van der Waals surface area contributed by atoms with E-state index in [9.17, 15) is 0 Å². The van der Waals surface area contributed by atoms with Gasteiger partial charge in [-0.15, -0.1) is 69.1 Å². The smallest absolute Gasteiger partial charge is 1.00 e. The molecule has 0 bridgehead atoms. The van der Waals surface area contributed by atoms with E-state index in [1.165, 1.54) is 85.3 Å². The van der Waals surface area contributed by atoms with Gasteiger partial charge in [0, 0.05) is 0 Å². The third-order valence-electron chi connectivity index (χ3n) is 9.75. The third kappa shape index (κ3) is 12.2. The summed E-state index contributed by atoms with van der Waals surface area (Å²) in [6.07, 6.45) is 4.79. The normalized spacial score (nSPS) is 12.1. The average molecular weight is 813 g/mol. The van der Waals surface area contributed by atoms with Gasteiger partial charge in [0.15, 0.2) is 0 Å². The van der Waals surface area contributed by atoms with Gasteiger partial charge in [0.2, 0.25) is 0 Å². The topological polar surface area (TPSA) is 0 Å². The fraction of sp³-hybridized carbons (Fsp3) is 0.362. The van der Waals surface area contributed by atoms with Crippen LogP contribution in [0, 0.1) is 0 Å². The zero-order chi connectivity index (χ0) is 35.7. The molecule has 0 aliphatic heterocycles. The minimum absolute atomic E-state index is 0. The number of hydrogen-bond acceptors (Lipinski definition) is 0. The van der Waals surface area contributed by atoms with E-state index in [4.69, 9.17) is 0 Å². The minimum atomic E-state index is 0. The molecular formula is C47H58Cl2SiZr-2. The van der Waals surface area contributed by atoms with Crippen molar-refractivity contribution < 1.29 is 48.1 Å². The van der Waals surface area contributed by atoms with Crippen LogP contribution < -0.4 is 24.8 Å². The summed E-state index contributed by atoms with van der Waals surface area (Å²) in [5.41, 5.74) is 11.5. The molecule has 2 unspecified atom stereocenters. The Bertz CT molecular complexity index is 1930. The van der Waals surface area contributed by atoms with Crippen LogP contribution in [0.15, 0.2) is 109 Å². The predicted molar refractivity (Wildman–Crippen MR) is 218 cm³/mol. The van der Waals surface area contributed by atoms with E-state index in [0.29, 0.717) is 11.8 Å². The van der Waals surface area contributed by atoms with Crippen LogP contribution in [0.25, 0.3) is 43.8 Å². The zero-order valence-corrected chi connectivity index (χ0v) is 37.6. The van der Waals surface area contributed by atoms with Crippen LogP contribution in [0.4, 0.5) is 0 Å². The van der Waals surface area contributed by atoms with Gasteiger partial charge in [-0.3, -0.25) is 0 Å². The Morgan fingerprint density at radius 2 is 1.16 bits per heavy atom. The maximum absolute atomic E-state index is 2.41. The van der Waals surface area contributed by atoms with Gasteiger partial charge in [0.05, 0.1) is 0 Å². The fourth-order valence-corrected chi connectivity index (χ4v) is 6.52. The number of halogens is 2. The molecule has 0 aliphatic carbocycles. The van der Waals surface area contributed by atoms with E-state index in [1.807, 2.05) is 0 Å². The Hall–Kier alpha value is -2.22. The van der Waals surface area contributed by atoms with E-state index in [-0.39, 0.29) is 35.7 Å². The summed E-state index contributed by atoms with van der Waals surface area (Å²) in [6.45, 7) is 22.8. The summed E-state index contributed by atoms with van der Waals surface area (Å²) in [5, 5.41) is 5.49. The van der Waals surface area contributed by atoms with Crippen molar-refractivity contribution in [3.05, 3.63) is 131 Å². The molecule has 4 heteroatoms. The number of rotatable bonds is 8. The molecule has 0 fully saturated rings. The second-order valence-electron chi connectivity index (χ2n) is 15.1. The van der Waals surface area contributed by atoms with Crippen LogP contribution in [-0.2, 0) is 35.2 Å². The standard InChI is InChI=1S/C24H29.C21H23.C2H6Si.2ClH.Zr/c1-6-8-17(2)20-15-19-9-7-10-22(23(19)16-20)18-11-13-21(14-12-18)24(3,4)5;1-4-15(3)17-9-11-18(12-10-17)20-8-6-7-19-13-16(5-2)14-21(19)20;1-3-2;;;/h7,9-17H,6,8H2,1-5H3;6-15H,4-5H2,1-3H3;1-2H3;2*1H;/q2*-1;;;;+2/p-2. The Morgan fingerprint density at radius 3 is 1.63 bits per heavy atom. The molecular weight excluding hydrogens is 755 g/mol. The monoisotopic (exact) mass is 810 g/mol. The van der Waals surface area contributed by atoms with E-state index in [2.05, 4.69) is 178 Å². The second kappa shape index (κ2) is 20.9. The van der Waals surface area contributed by atoms with E-state index in [1.54, 1.807) is 23.3 Å². The summed E-state index contributed by atoms with van der Waals surface area (Å²) in [7, 11) is 0. The van der Waals surface area contributed by atoms with Crippen LogP contribution >= 0.6 is 0 Å². The molecule has 0 spiro atoms. The molecule has 2 atom stereocenters. The van der Waals surface area contributed by atoms with Crippen LogP contribution in [-0.4, -0.2) is 5.43 Å². The van der Waals surface area contributed by atoms with Gasteiger partial charge in [0.25, 0.3) is 0 Å². The summed E-state index contributed by atoms with van der Waals surface area (Å²) >= 11 is 1.74. The second-order valence-corrected chi connectivity index (χ2v) is 24.4. The summed E-state index contributed by atoms with van der Waals surface area (Å²) in [4.78, 5) is 0. The molecule has 270 valence electrons. The van der Waals surface area contributed by atoms with Gasteiger partial charge < -0.3 is 24.8 Å². The number of aryl methyl sites for hydroxylation is 1. The number of hydrogen-bond donors (Lipinski definition) is 0. The van der Waals surface area contributed by atoms with Gasteiger partial charge >= 0.3 is 41.9 Å². The predicted octanol–water partition coefficient (Wildman–Crippen LogP) is 8.52. The van der Waals surface area contributed by atoms with Gasteiger partial charge in [-0.2, -0.15) is 12.1 Å². The van der Waals surface area contributed by atoms with Crippen LogP contribution in [0.1, 0.15) is 109 Å². The maximum atomic E-state index is 2.41. The van der Waals surface area contributed by atoms with Crippen molar-refractivity contribution in [1.82, 2.24) is 0 Å². The Kier molecular flexibility index (Phi) is 18.4. The first-order valence-electron chi connectivity index (χ1n) is 18.5.